The van der Waals surface area contributed by atoms with Gasteiger partial charge in [-0.15, -0.1) is 0 Å². The molecule has 1 unspecified atom stereocenters. The van der Waals surface area contributed by atoms with Crippen LogP contribution in [-0.2, 0) is 0 Å². The van der Waals surface area contributed by atoms with Gasteiger partial charge in [-0.2, -0.15) is 0 Å². The molecule has 18 heavy (non-hydrogen) atoms. The van der Waals surface area contributed by atoms with Crippen molar-refractivity contribution in [1.82, 2.24) is 20.2 Å². The molecular formula is C12H21N5O. The Kier molecular flexibility index (Phi) is 5.51. The molecule has 1 heterocycles. The second kappa shape index (κ2) is 6.90. The molecule has 6 nitrogen and oxygen atoms in total. The van der Waals surface area contributed by atoms with Gasteiger partial charge in [0.25, 0.3) is 5.91 Å². The van der Waals surface area contributed by atoms with E-state index in [9.17, 15) is 4.79 Å². The van der Waals surface area contributed by atoms with E-state index in [-0.39, 0.29) is 11.9 Å². The molecule has 1 aromatic rings. The molecule has 1 atom stereocenters. The molecule has 1 rings (SSSR count). The standard InChI is InChI=1S/C12H21N5O/c1-5-13-11-7-14-10(6-15-11)12(18)16-9(2)8-17(3)4/h6-7,9H,5,8H2,1-4H3,(H,13,15)(H,16,18). The molecule has 0 spiro atoms. The summed E-state index contributed by atoms with van der Waals surface area (Å²) in [5.74, 6) is 0.482. The Morgan fingerprint density at radius 2 is 2.11 bits per heavy atom. The summed E-state index contributed by atoms with van der Waals surface area (Å²) in [6, 6.07) is 0.0720. The fourth-order valence-electron chi connectivity index (χ4n) is 1.61. The van der Waals surface area contributed by atoms with Gasteiger partial charge in [0.15, 0.2) is 0 Å². The van der Waals surface area contributed by atoms with E-state index in [0.29, 0.717) is 11.5 Å². The van der Waals surface area contributed by atoms with Crippen molar-refractivity contribution < 1.29 is 4.79 Å². The summed E-state index contributed by atoms with van der Waals surface area (Å²) >= 11 is 0. The third-order valence-electron chi connectivity index (χ3n) is 2.26. The molecule has 0 aliphatic heterocycles. The average molecular weight is 251 g/mol. The van der Waals surface area contributed by atoms with Crippen molar-refractivity contribution in [3.8, 4) is 0 Å². The van der Waals surface area contributed by atoms with Crippen LogP contribution >= 0.6 is 0 Å². The van der Waals surface area contributed by atoms with Crippen LogP contribution in [0.3, 0.4) is 0 Å². The van der Waals surface area contributed by atoms with Gasteiger partial charge in [-0.1, -0.05) is 0 Å². The van der Waals surface area contributed by atoms with Crippen LogP contribution in [0, 0.1) is 0 Å². The lowest BCUT2D eigenvalue weighted by atomic mass is 10.3. The second-order valence-corrected chi connectivity index (χ2v) is 4.45. The van der Waals surface area contributed by atoms with Crippen molar-refractivity contribution in [2.75, 3.05) is 32.5 Å². The molecule has 100 valence electrons. The molecule has 0 fully saturated rings. The topological polar surface area (TPSA) is 70.2 Å². The minimum absolute atomic E-state index is 0.0720. The van der Waals surface area contributed by atoms with Gasteiger partial charge in [0.05, 0.1) is 12.4 Å². The first kappa shape index (κ1) is 14.4. The SMILES string of the molecule is CCNc1cnc(C(=O)NC(C)CN(C)C)cn1. The Bertz CT molecular complexity index is 377. The lowest BCUT2D eigenvalue weighted by molar-refractivity contribution is 0.0929. The maximum absolute atomic E-state index is 11.9. The van der Waals surface area contributed by atoms with Crippen molar-refractivity contribution in [1.29, 1.82) is 0 Å². The highest BCUT2D eigenvalue weighted by molar-refractivity contribution is 5.92. The lowest BCUT2D eigenvalue weighted by Crippen LogP contribution is -2.39. The summed E-state index contributed by atoms with van der Waals surface area (Å²) in [7, 11) is 3.93. The van der Waals surface area contributed by atoms with Gasteiger partial charge in [-0.05, 0) is 27.9 Å². The molecule has 1 amide bonds. The predicted molar refractivity (Wildman–Crippen MR) is 71.7 cm³/mol. The number of likely N-dealkylation sites (N-methyl/N-ethyl adjacent to an activating group) is 1. The number of carbonyl (C=O) groups excluding carboxylic acids is 1. The highest BCUT2D eigenvalue weighted by atomic mass is 16.1. The van der Waals surface area contributed by atoms with Crippen LogP contribution < -0.4 is 10.6 Å². The number of hydrogen-bond donors (Lipinski definition) is 2. The van der Waals surface area contributed by atoms with E-state index < -0.39 is 0 Å². The Balaban J connectivity index is 2.56. The van der Waals surface area contributed by atoms with Crippen LogP contribution in [0.4, 0.5) is 5.82 Å². The molecule has 0 aliphatic rings. The van der Waals surface area contributed by atoms with E-state index in [1.165, 1.54) is 6.20 Å². The first-order valence-electron chi connectivity index (χ1n) is 6.04. The smallest absolute Gasteiger partial charge is 0.271 e. The molecule has 1 aromatic heterocycles. The van der Waals surface area contributed by atoms with Crippen LogP contribution in [0.5, 0.6) is 0 Å². The number of nitrogens with zero attached hydrogens (tertiary/aromatic N) is 3. The van der Waals surface area contributed by atoms with Gasteiger partial charge >= 0.3 is 0 Å². The van der Waals surface area contributed by atoms with E-state index >= 15 is 0 Å². The van der Waals surface area contributed by atoms with Crippen LogP contribution in [-0.4, -0.2) is 54.0 Å². The molecule has 0 aliphatic carbocycles. The summed E-state index contributed by atoms with van der Waals surface area (Å²) in [6.07, 6.45) is 3.05. The van der Waals surface area contributed by atoms with Crippen molar-refractivity contribution in [3.63, 3.8) is 0 Å². The quantitative estimate of drug-likeness (QED) is 0.774. The summed E-state index contributed by atoms with van der Waals surface area (Å²) in [5.41, 5.74) is 0.335. The lowest BCUT2D eigenvalue weighted by Gasteiger charge is -2.17. The fourth-order valence-corrected chi connectivity index (χ4v) is 1.61. The van der Waals surface area contributed by atoms with Crippen LogP contribution in [0.1, 0.15) is 24.3 Å². The van der Waals surface area contributed by atoms with Gasteiger partial charge in [0.1, 0.15) is 11.5 Å². The molecule has 2 N–H and O–H groups in total. The highest BCUT2D eigenvalue weighted by Crippen LogP contribution is 2.01. The Labute approximate surface area is 108 Å². The minimum Gasteiger partial charge on any atom is -0.369 e. The van der Waals surface area contributed by atoms with Crippen molar-refractivity contribution in [2.24, 2.45) is 0 Å². The Morgan fingerprint density at radius 3 is 2.61 bits per heavy atom. The maximum atomic E-state index is 11.9. The van der Waals surface area contributed by atoms with E-state index in [4.69, 9.17) is 0 Å². The van der Waals surface area contributed by atoms with Gasteiger partial charge < -0.3 is 15.5 Å². The monoisotopic (exact) mass is 251 g/mol. The first-order chi connectivity index (χ1) is 8.52. The van der Waals surface area contributed by atoms with Crippen LogP contribution in [0.25, 0.3) is 0 Å². The maximum Gasteiger partial charge on any atom is 0.271 e. The molecule has 0 saturated heterocycles. The molecule has 0 radical (unpaired) electrons. The molecule has 6 heteroatoms. The fraction of sp³-hybridized carbons (Fsp3) is 0.583. The third-order valence-corrected chi connectivity index (χ3v) is 2.26. The first-order valence-corrected chi connectivity index (χ1v) is 6.04. The molecular weight excluding hydrogens is 230 g/mol. The predicted octanol–water partition coefficient (Wildman–Crippen LogP) is 0.588. The van der Waals surface area contributed by atoms with E-state index in [1.54, 1.807) is 6.20 Å². The minimum atomic E-state index is -0.195. The van der Waals surface area contributed by atoms with Crippen LogP contribution in [0.2, 0.25) is 0 Å². The number of nitrogens with one attached hydrogen (secondary N) is 2. The Hall–Kier alpha value is -1.69. The van der Waals surface area contributed by atoms with Crippen molar-refractivity contribution >= 4 is 11.7 Å². The number of amides is 1. The molecule has 0 saturated carbocycles. The summed E-state index contributed by atoms with van der Waals surface area (Å²) in [5, 5.41) is 5.90. The average Bonchev–Trinajstić information content (AvgIpc) is 2.29. The Morgan fingerprint density at radius 1 is 1.39 bits per heavy atom. The van der Waals surface area contributed by atoms with Crippen molar-refractivity contribution in [2.45, 2.75) is 19.9 Å². The van der Waals surface area contributed by atoms with E-state index in [2.05, 4.69) is 20.6 Å². The molecule has 0 aromatic carbocycles. The summed E-state index contributed by atoms with van der Waals surface area (Å²) in [6.45, 7) is 5.50. The van der Waals surface area contributed by atoms with Gasteiger partial charge in [-0.3, -0.25) is 4.79 Å². The van der Waals surface area contributed by atoms with Gasteiger partial charge in [-0.25, -0.2) is 9.97 Å². The number of carbonyl (C=O) groups is 1. The van der Waals surface area contributed by atoms with Gasteiger partial charge in [0.2, 0.25) is 0 Å². The second-order valence-electron chi connectivity index (χ2n) is 4.45. The summed E-state index contributed by atoms with van der Waals surface area (Å²) < 4.78 is 0. The van der Waals surface area contributed by atoms with Crippen molar-refractivity contribution in [3.05, 3.63) is 18.1 Å². The number of hydrogen-bond acceptors (Lipinski definition) is 5. The van der Waals surface area contributed by atoms with Gasteiger partial charge in [0, 0.05) is 19.1 Å². The van der Waals surface area contributed by atoms with Crippen LogP contribution in [0.15, 0.2) is 12.4 Å². The third kappa shape index (κ3) is 4.67. The largest absolute Gasteiger partial charge is 0.369 e. The molecule has 0 bridgehead atoms. The zero-order valence-electron chi connectivity index (χ0n) is 11.4. The number of anilines is 1. The number of aromatic nitrogens is 2. The number of rotatable bonds is 6. The zero-order valence-corrected chi connectivity index (χ0v) is 11.4. The normalized spacial score (nSPS) is 12.3. The highest BCUT2D eigenvalue weighted by Gasteiger charge is 2.11. The summed E-state index contributed by atoms with van der Waals surface area (Å²) in [4.78, 5) is 22.1. The zero-order chi connectivity index (χ0) is 13.5. The van der Waals surface area contributed by atoms with E-state index in [1.807, 2.05) is 32.8 Å². The van der Waals surface area contributed by atoms with E-state index in [0.717, 1.165) is 13.1 Å².